The van der Waals surface area contributed by atoms with Crippen LogP contribution in [-0.2, 0) is 11.2 Å². The molecule has 5 heteroatoms. The smallest absolute Gasteiger partial charge is 0.345 e. The molecule has 0 saturated carbocycles. The van der Waals surface area contributed by atoms with E-state index in [-0.39, 0.29) is 6.42 Å². The van der Waals surface area contributed by atoms with E-state index in [9.17, 15) is 9.90 Å². The zero-order valence-electron chi connectivity index (χ0n) is 11.3. The molecule has 0 heterocycles. The highest BCUT2D eigenvalue weighted by atomic mass is 35.5. The van der Waals surface area contributed by atoms with Gasteiger partial charge in [-0.15, -0.1) is 0 Å². The molecule has 2 aromatic carbocycles. The Morgan fingerprint density at radius 2 is 1.95 bits per heavy atom. The number of benzene rings is 2. The van der Waals surface area contributed by atoms with Gasteiger partial charge in [-0.3, -0.25) is 0 Å². The summed E-state index contributed by atoms with van der Waals surface area (Å²) in [5.74, 6) is -0.495. The second-order valence-corrected chi connectivity index (χ2v) is 5.53. The first-order valence-corrected chi connectivity index (χ1v) is 7.11. The van der Waals surface area contributed by atoms with Gasteiger partial charge in [0.2, 0.25) is 0 Å². The van der Waals surface area contributed by atoms with Crippen molar-refractivity contribution < 1.29 is 14.6 Å². The number of rotatable bonds is 5. The highest BCUT2D eigenvalue weighted by Gasteiger charge is 2.20. The summed E-state index contributed by atoms with van der Waals surface area (Å²) in [6, 6.07) is 12.3. The molecule has 1 atom stereocenters. The molecule has 0 amide bonds. The lowest BCUT2D eigenvalue weighted by atomic mass is 10.1. The summed E-state index contributed by atoms with van der Waals surface area (Å²) in [4.78, 5) is 11.4. The first kappa shape index (κ1) is 15.7. The van der Waals surface area contributed by atoms with Crippen LogP contribution in [0.5, 0.6) is 5.75 Å². The lowest BCUT2D eigenvalue weighted by Gasteiger charge is -2.16. The third kappa shape index (κ3) is 4.38. The molecule has 0 saturated heterocycles. The van der Waals surface area contributed by atoms with Crippen LogP contribution in [0, 0.1) is 6.92 Å². The zero-order chi connectivity index (χ0) is 15.4. The summed E-state index contributed by atoms with van der Waals surface area (Å²) in [5, 5.41) is 10.1. The molecular formula is C16H14Cl2O3. The molecule has 0 aliphatic carbocycles. The van der Waals surface area contributed by atoms with Crippen molar-refractivity contribution in [3.63, 3.8) is 0 Å². The minimum absolute atomic E-state index is 0.208. The summed E-state index contributed by atoms with van der Waals surface area (Å²) in [5.41, 5.74) is 1.76. The normalized spacial score (nSPS) is 12.0. The van der Waals surface area contributed by atoms with Gasteiger partial charge in [-0.25, -0.2) is 4.79 Å². The van der Waals surface area contributed by atoms with Crippen LogP contribution in [0.25, 0.3) is 0 Å². The third-order valence-corrected chi connectivity index (χ3v) is 3.69. The van der Waals surface area contributed by atoms with Gasteiger partial charge in [0, 0.05) is 6.42 Å². The fourth-order valence-electron chi connectivity index (χ4n) is 1.91. The van der Waals surface area contributed by atoms with Crippen molar-refractivity contribution in [3.05, 3.63) is 63.6 Å². The molecule has 2 rings (SSSR count). The lowest BCUT2D eigenvalue weighted by Crippen LogP contribution is -2.29. The van der Waals surface area contributed by atoms with Gasteiger partial charge in [-0.2, -0.15) is 0 Å². The Balaban J connectivity index is 2.15. The maximum atomic E-state index is 11.4. The van der Waals surface area contributed by atoms with E-state index in [0.29, 0.717) is 15.8 Å². The van der Waals surface area contributed by atoms with Gasteiger partial charge in [0.25, 0.3) is 0 Å². The van der Waals surface area contributed by atoms with Crippen LogP contribution < -0.4 is 4.74 Å². The van der Waals surface area contributed by atoms with E-state index < -0.39 is 12.1 Å². The Morgan fingerprint density at radius 3 is 2.57 bits per heavy atom. The first-order chi connectivity index (χ1) is 9.95. The number of ether oxygens (including phenoxy) is 1. The van der Waals surface area contributed by atoms with Crippen molar-refractivity contribution >= 4 is 29.2 Å². The number of carboxylic acids is 1. The molecule has 0 aromatic heterocycles. The summed E-state index contributed by atoms with van der Waals surface area (Å²) < 4.78 is 5.56. The van der Waals surface area contributed by atoms with Gasteiger partial charge in [-0.1, -0.05) is 41.4 Å². The number of aliphatic carboxylic acids is 1. The van der Waals surface area contributed by atoms with Crippen molar-refractivity contribution in [1.29, 1.82) is 0 Å². The molecule has 0 aliphatic heterocycles. The number of carbonyl (C=O) groups is 1. The first-order valence-electron chi connectivity index (χ1n) is 6.36. The minimum atomic E-state index is -1.03. The van der Waals surface area contributed by atoms with E-state index in [4.69, 9.17) is 27.9 Å². The van der Waals surface area contributed by atoms with Crippen LogP contribution in [0.4, 0.5) is 0 Å². The predicted molar refractivity (Wildman–Crippen MR) is 83.4 cm³/mol. The summed E-state index contributed by atoms with van der Waals surface area (Å²) >= 11 is 11.8. The SMILES string of the molecule is Cc1cccc(O[C@@H](Cc2ccc(Cl)c(Cl)c2)C(=O)O)c1. The van der Waals surface area contributed by atoms with E-state index in [1.54, 1.807) is 30.3 Å². The fourth-order valence-corrected chi connectivity index (χ4v) is 2.23. The second kappa shape index (κ2) is 6.83. The number of hydrogen-bond donors (Lipinski definition) is 1. The zero-order valence-corrected chi connectivity index (χ0v) is 12.9. The Morgan fingerprint density at radius 1 is 1.19 bits per heavy atom. The molecule has 0 fully saturated rings. The molecule has 0 unspecified atom stereocenters. The van der Waals surface area contributed by atoms with Crippen LogP contribution in [0.15, 0.2) is 42.5 Å². The number of halogens is 2. The predicted octanol–water partition coefficient (Wildman–Crippen LogP) is 4.38. The standard InChI is InChI=1S/C16H14Cl2O3/c1-10-3-2-4-12(7-10)21-15(16(19)20)9-11-5-6-13(17)14(18)8-11/h2-8,15H,9H2,1H3,(H,19,20)/t15-/m0/s1. The van der Waals surface area contributed by atoms with Gasteiger partial charge in [-0.05, 0) is 42.3 Å². The molecular weight excluding hydrogens is 311 g/mol. The summed E-state index contributed by atoms with van der Waals surface area (Å²) in [7, 11) is 0. The second-order valence-electron chi connectivity index (χ2n) is 4.71. The molecule has 0 aliphatic rings. The molecule has 1 N–H and O–H groups in total. The van der Waals surface area contributed by atoms with Crippen LogP contribution in [0.2, 0.25) is 10.0 Å². The molecule has 0 bridgehead atoms. The number of hydrogen-bond acceptors (Lipinski definition) is 2. The average molecular weight is 325 g/mol. The summed E-state index contributed by atoms with van der Waals surface area (Å²) in [6.45, 7) is 1.92. The topological polar surface area (TPSA) is 46.5 Å². The van der Waals surface area contributed by atoms with Crippen LogP contribution >= 0.6 is 23.2 Å². The Labute approximate surface area is 133 Å². The van der Waals surface area contributed by atoms with Crippen molar-refractivity contribution in [3.8, 4) is 5.75 Å². The largest absolute Gasteiger partial charge is 0.478 e. The van der Waals surface area contributed by atoms with Crippen LogP contribution in [-0.4, -0.2) is 17.2 Å². The Hall–Kier alpha value is -1.71. The molecule has 110 valence electrons. The van der Waals surface area contributed by atoms with Crippen LogP contribution in [0.3, 0.4) is 0 Å². The van der Waals surface area contributed by atoms with E-state index in [1.807, 2.05) is 19.1 Å². The third-order valence-electron chi connectivity index (χ3n) is 2.95. The molecule has 3 nitrogen and oxygen atoms in total. The average Bonchev–Trinajstić information content (AvgIpc) is 2.42. The maximum Gasteiger partial charge on any atom is 0.345 e. The van der Waals surface area contributed by atoms with Crippen molar-refractivity contribution in [2.24, 2.45) is 0 Å². The monoisotopic (exact) mass is 324 g/mol. The molecule has 2 aromatic rings. The van der Waals surface area contributed by atoms with Gasteiger partial charge >= 0.3 is 5.97 Å². The van der Waals surface area contributed by atoms with E-state index >= 15 is 0 Å². The van der Waals surface area contributed by atoms with Crippen molar-refractivity contribution in [1.82, 2.24) is 0 Å². The lowest BCUT2D eigenvalue weighted by molar-refractivity contribution is -0.145. The van der Waals surface area contributed by atoms with Gasteiger partial charge < -0.3 is 9.84 Å². The molecule has 0 radical (unpaired) electrons. The highest BCUT2D eigenvalue weighted by Crippen LogP contribution is 2.24. The maximum absolute atomic E-state index is 11.4. The van der Waals surface area contributed by atoms with E-state index in [2.05, 4.69) is 0 Å². The fraction of sp³-hybridized carbons (Fsp3) is 0.188. The molecule has 0 spiro atoms. The molecule has 21 heavy (non-hydrogen) atoms. The highest BCUT2D eigenvalue weighted by molar-refractivity contribution is 6.42. The van der Waals surface area contributed by atoms with Gasteiger partial charge in [0.1, 0.15) is 5.75 Å². The minimum Gasteiger partial charge on any atom is -0.478 e. The van der Waals surface area contributed by atoms with Crippen LogP contribution in [0.1, 0.15) is 11.1 Å². The van der Waals surface area contributed by atoms with Gasteiger partial charge in [0.15, 0.2) is 6.10 Å². The number of aryl methyl sites for hydroxylation is 1. The quantitative estimate of drug-likeness (QED) is 0.887. The Kier molecular flexibility index (Phi) is 5.10. The van der Waals surface area contributed by atoms with Crippen molar-refractivity contribution in [2.45, 2.75) is 19.4 Å². The summed E-state index contributed by atoms with van der Waals surface area (Å²) in [6.07, 6.45) is -0.774. The van der Waals surface area contributed by atoms with E-state index in [1.165, 1.54) is 0 Å². The van der Waals surface area contributed by atoms with E-state index in [0.717, 1.165) is 11.1 Å². The Bertz CT molecular complexity index is 656. The van der Waals surface area contributed by atoms with Crippen molar-refractivity contribution in [2.75, 3.05) is 0 Å². The number of carboxylic acid groups (broad SMARTS) is 1. The van der Waals surface area contributed by atoms with Gasteiger partial charge in [0.05, 0.1) is 10.0 Å².